The molecule has 64 valence electrons. The molecule has 0 radical (unpaired) electrons. The Morgan fingerprint density at radius 1 is 1.42 bits per heavy atom. The molecular formula is C9H11NOS. The van der Waals surface area contributed by atoms with Crippen molar-refractivity contribution in [1.29, 1.82) is 0 Å². The van der Waals surface area contributed by atoms with Gasteiger partial charge in [-0.05, 0) is 11.1 Å². The van der Waals surface area contributed by atoms with E-state index in [0.717, 1.165) is 11.1 Å². The van der Waals surface area contributed by atoms with Gasteiger partial charge in [0.25, 0.3) is 0 Å². The van der Waals surface area contributed by atoms with Crippen LogP contribution in [-0.2, 0) is 16.6 Å². The van der Waals surface area contributed by atoms with Crippen LogP contribution in [0.2, 0.25) is 0 Å². The summed E-state index contributed by atoms with van der Waals surface area (Å²) in [4.78, 5) is 0. The van der Waals surface area contributed by atoms with Crippen LogP contribution in [0.25, 0.3) is 0 Å². The number of benzene rings is 1. The van der Waals surface area contributed by atoms with Crippen molar-refractivity contribution in [3.8, 4) is 0 Å². The monoisotopic (exact) mass is 181 g/mol. The molecule has 0 bridgehead atoms. The third-order valence-corrected chi connectivity index (χ3v) is 3.50. The molecule has 2 N–H and O–H groups in total. The van der Waals surface area contributed by atoms with Crippen molar-refractivity contribution in [2.75, 3.05) is 5.75 Å². The number of hydrogen-bond acceptors (Lipinski definition) is 2. The standard InChI is InChI=1S/C9H11NOS/c10-9-6-12(11)5-7-3-1-2-4-8(7)9/h1-4,9H,5-6,10H2. The van der Waals surface area contributed by atoms with Crippen LogP contribution in [0.15, 0.2) is 24.3 Å². The third kappa shape index (κ3) is 1.30. The third-order valence-electron chi connectivity index (χ3n) is 2.14. The molecule has 0 aromatic heterocycles. The summed E-state index contributed by atoms with van der Waals surface area (Å²) in [6, 6.07) is 7.94. The summed E-state index contributed by atoms with van der Waals surface area (Å²) in [6.45, 7) is 0. The molecule has 1 heterocycles. The highest BCUT2D eigenvalue weighted by molar-refractivity contribution is 7.84. The largest absolute Gasteiger partial charge is 0.323 e. The fourth-order valence-electron chi connectivity index (χ4n) is 1.55. The molecule has 0 saturated heterocycles. The number of rotatable bonds is 0. The minimum absolute atomic E-state index is 0.0317. The molecule has 1 aliphatic rings. The molecule has 12 heavy (non-hydrogen) atoms. The van der Waals surface area contributed by atoms with Gasteiger partial charge in [0.1, 0.15) is 0 Å². The van der Waals surface area contributed by atoms with Crippen LogP contribution < -0.4 is 5.73 Å². The molecular weight excluding hydrogens is 170 g/mol. The second kappa shape index (κ2) is 2.99. The van der Waals surface area contributed by atoms with Gasteiger partial charge in [-0.1, -0.05) is 24.3 Å². The van der Waals surface area contributed by atoms with Crippen LogP contribution in [0.3, 0.4) is 0 Å². The SMILES string of the molecule is NC1CS(=O)Cc2ccccc21. The molecule has 0 fully saturated rings. The zero-order chi connectivity index (χ0) is 8.55. The summed E-state index contributed by atoms with van der Waals surface area (Å²) in [5.74, 6) is 1.28. The van der Waals surface area contributed by atoms with E-state index in [1.54, 1.807) is 0 Å². The van der Waals surface area contributed by atoms with Gasteiger partial charge in [-0.3, -0.25) is 4.21 Å². The quantitative estimate of drug-likeness (QED) is 0.647. The maximum atomic E-state index is 11.3. The Morgan fingerprint density at radius 3 is 3.00 bits per heavy atom. The van der Waals surface area contributed by atoms with Gasteiger partial charge in [0.05, 0.1) is 0 Å². The molecule has 0 spiro atoms. The Bertz CT molecular complexity index is 324. The maximum Gasteiger partial charge on any atom is 0.0489 e. The molecule has 2 nitrogen and oxygen atoms in total. The molecule has 2 atom stereocenters. The Morgan fingerprint density at radius 2 is 2.17 bits per heavy atom. The zero-order valence-corrected chi connectivity index (χ0v) is 7.51. The lowest BCUT2D eigenvalue weighted by atomic mass is 10.0. The minimum Gasteiger partial charge on any atom is -0.323 e. The Kier molecular flexibility index (Phi) is 1.98. The maximum absolute atomic E-state index is 11.3. The number of nitrogens with two attached hydrogens (primary N) is 1. The highest BCUT2D eigenvalue weighted by Crippen LogP contribution is 2.23. The van der Waals surface area contributed by atoms with Gasteiger partial charge in [-0.25, -0.2) is 0 Å². The predicted octanol–water partition coefficient (Wildman–Crippen LogP) is 0.949. The first kappa shape index (κ1) is 7.95. The summed E-state index contributed by atoms with van der Waals surface area (Å²) >= 11 is 0. The molecule has 3 heteroatoms. The summed E-state index contributed by atoms with van der Waals surface area (Å²) < 4.78 is 11.3. The molecule has 2 rings (SSSR count). The average molecular weight is 181 g/mol. The van der Waals surface area contributed by atoms with Crippen LogP contribution in [0.4, 0.5) is 0 Å². The van der Waals surface area contributed by atoms with Crippen LogP contribution in [0.5, 0.6) is 0 Å². The fourth-order valence-corrected chi connectivity index (χ4v) is 2.86. The molecule has 1 aliphatic heterocycles. The Labute approximate surface area is 74.2 Å². The molecule has 1 aromatic rings. The van der Waals surface area contributed by atoms with Crippen LogP contribution >= 0.6 is 0 Å². The molecule has 0 aliphatic carbocycles. The normalized spacial score (nSPS) is 28.1. The van der Waals surface area contributed by atoms with Crippen LogP contribution in [0, 0.1) is 0 Å². The molecule has 2 unspecified atom stereocenters. The Balaban J connectivity index is 2.47. The van der Waals surface area contributed by atoms with Gasteiger partial charge in [-0.2, -0.15) is 0 Å². The van der Waals surface area contributed by atoms with Gasteiger partial charge in [0, 0.05) is 28.3 Å². The number of hydrogen-bond donors (Lipinski definition) is 1. The summed E-state index contributed by atoms with van der Waals surface area (Å²) in [5.41, 5.74) is 8.16. The van der Waals surface area contributed by atoms with Crippen molar-refractivity contribution in [3.05, 3.63) is 35.4 Å². The minimum atomic E-state index is -0.757. The smallest absolute Gasteiger partial charge is 0.0489 e. The Hall–Kier alpha value is -0.670. The first-order chi connectivity index (χ1) is 5.77. The van der Waals surface area contributed by atoms with E-state index < -0.39 is 10.8 Å². The van der Waals surface area contributed by atoms with Crippen molar-refractivity contribution in [3.63, 3.8) is 0 Å². The van der Waals surface area contributed by atoms with E-state index in [0.29, 0.717) is 11.5 Å². The second-order valence-corrected chi connectivity index (χ2v) is 4.56. The van der Waals surface area contributed by atoms with E-state index in [-0.39, 0.29) is 6.04 Å². The van der Waals surface area contributed by atoms with Crippen LogP contribution in [-0.4, -0.2) is 9.96 Å². The molecule has 1 aromatic carbocycles. The first-order valence-corrected chi connectivity index (χ1v) is 5.44. The molecule has 0 amide bonds. The van der Waals surface area contributed by atoms with Gasteiger partial charge >= 0.3 is 0 Å². The van der Waals surface area contributed by atoms with Crippen molar-refractivity contribution in [2.45, 2.75) is 11.8 Å². The van der Waals surface area contributed by atoms with Gasteiger partial charge in [-0.15, -0.1) is 0 Å². The fraction of sp³-hybridized carbons (Fsp3) is 0.333. The van der Waals surface area contributed by atoms with Gasteiger partial charge in [0.15, 0.2) is 0 Å². The first-order valence-electron chi connectivity index (χ1n) is 3.96. The van der Waals surface area contributed by atoms with Crippen molar-refractivity contribution in [1.82, 2.24) is 0 Å². The van der Waals surface area contributed by atoms with Gasteiger partial charge < -0.3 is 5.73 Å². The average Bonchev–Trinajstić information content (AvgIpc) is 2.04. The summed E-state index contributed by atoms with van der Waals surface area (Å²) in [6.07, 6.45) is 0. The van der Waals surface area contributed by atoms with E-state index >= 15 is 0 Å². The second-order valence-electron chi connectivity index (χ2n) is 3.06. The van der Waals surface area contributed by atoms with Crippen molar-refractivity contribution >= 4 is 10.8 Å². The van der Waals surface area contributed by atoms with Gasteiger partial charge in [0.2, 0.25) is 0 Å². The molecule has 0 saturated carbocycles. The lowest BCUT2D eigenvalue weighted by Crippen LogP contribution is -2.25. The topological polar surface area (TPSA) is 43.1 Å². The van der Waals surface area contributed by atoms with E-state index in [2.05, 4.69) is 0 Å². The predicted molar refractivity (Wildman–Crippen MR) is 50.1 cm³/mol. The zero-order valence-electron chi connectivity index (χ0n) is 6.69. The number of fused-ring (bicyclic) bond motifs is 1. The van der Waals surface area contributed by atoms with E-state index in [1.165, 1.54) is 0 Å². The highest BCUT2D eigenvalue weighted by atomic mass is 32.2. The summed E-state index contributed by atoms with van der Waals surface area (Å²) in [7, 11) is -0.757. The summed E-state index contributed by atoms with van der Waals surface area (Å²) in [5, 5.41) is 0. The van der Waals surface area contributed by atoms with Crippen molar-refractivity contribution in [2.24, 2.45) is 5.73 Å². The highest BCUT2D eigenvalue weighted by Gasteiger charge is 2.20. The van der Waals surface area contributed by atoms with E-state index in [9.17, 15) is 4.21 Å². The van der Waals surface area contributed by atoms with E-state index in [1.807, 2.05) is 24.3 Å². The van der Waals surface area contributed by atoms with Crippen LogP contribution in [0.1, 0.15) is 17.2 Å². The van der Waals surface area contributed by atoms with E-state index in [4.69, 9.17) is 5.73 Å². The lowest BCUT2D eigenvalue weighted by molar-refractivity contribution is 0.668. The van der Waals surface area contributed by atoms with Crippen molar-refractivity contribution < 1.29 is 4.21 Å². The lowest BCUT2D eigenvalue weighted by Gasteiger charge is -2.21.